The maximum atomic E-state index is 12.1. The lowest BCUT2D eigenvalue weighted by atomic mass is 10.1. The quantitative estimate of drug-likeness (QED) is 0.819. The lowest BCUT2D eigenvalue weighted by Gasteiger charge is -2.27. The van der Waals surface area contributed by atoms with Crippen LogP contribution in [0.5, 0.6) is 5.75 Å². The van der Waals surface area contributed by atoms with E-state index >= 15 is 0 Å². The summed E-state index contributed by atoms with van der Waals surface area (Å²) in [5.41, 5.74) is 0.245. The average molecular weight is 252 g/mol. The van der Waals surface area contributed by atoms with Crippen LogP contribution < -0.4 is 0 Å². The molecule has 2 N–H and O–H groups in total. The van der Waals surface area contributed by atoms with Gasteiger partial charge in [0, 0.05) is 18.8 Å². The number of aromatic nitrogens is 1. The number of aromatic hydroxyl groups is 1. The van der Waals surface area contributed by atoms with Gasteiger partial charge in [-0.05, 0) is 19.9 Å². The number of pyridine rings is 1. The van der Waals surface area contributed by atoms with Gasteiger partial charge in [-0.1, -0.05) is 0 Å². The average Bonchev–Trinajstić information content (AvgIpc) is 2.28. The van der Waals surface area contributed by atoms with Crippen molar-refractivity contribution < 1.29 is 19.8 Å². The summed E-state index contributed by atoms with van der Waals surface area (Å²) in [7, 11) is 0. The first kappa shape index (κ1) is 14.0. The first-order valence-corrected chi connectivity index (χ1v) is 5.62. The number of carboxylic acids is 1. The van der Waals surface area contributed by atoms with Gasteiger partial charge in [0.2, 0.25) is 0 Å². The Morgan fingerprint density at radius 1 is 1.44 bits per heavy atom. The molecule has 0 radical (unpaired) electrons. The maximum Gasteiger partial charge on any atom is 0.305 e. The molecular formula is C12H16N2O4. The van der Waals surface area contributed by atoms with Crippen LogP contribution in [0, 0.1) is 0 Å². The number of carboxylic acid groups (broad SMARTS) is 1. The minimum atomic E-state index is -0.956. The van der Waals surface area contributed by atoms with Crippen molar-refractivity contribution in [1.82, 2.24) is 9.88 Å². The van der Waals surface area contributed by atoms with Gasteiger partial charge < -0.3 is 15.1 Å². The molecule has 0 bridgehead atoms. The molecule has 0 saturated heterocycles. The number of aliphatic carboxylic acids is 1. The van der Waals surface area contributed by atoms with Gasteiger partial charge in [-0.25, -0.2) is 0 Å². The van der Waals surface area contributed by atoms with E-state index < -0.39 is 12.0 Å². The Kier molecular flexibility index (Phi) is 4.65. The minimum Gasteiger partial charge on any atom is -0.506 e. The lowest BCUT2D eigenvalue weighted by molar-refractivity contribution is -0.138. The standard InChI is InChI=1S/C12H16N2O4/c1-3-14(8(2)4-11(16)17)12(18)9-5-10(15)7-13-6-9/h5-8,15H,3-4H2,1-2H3,(H,16,17). The van der Waals surface area contributed by atoms with Gasteiger partial charge in [0.25, 0.3) is 5.91 Å². The molecule has 0 aromatic carbocycles. The van der Waals surface area contributed by atoms with Gasteiger partial charge in [0.15, 0.2) is 0 Å². The molecule has 0 spiro atoms. The van der Waals surface area contributed by atoms with Crippen molar-refractivity contribution in [1.29, 1.82) is 0 Å². The summed E-state index contributed by atoms with van der Waals surface area (Å²) in [6, 6.07) is 0.897. The number of hydrogen-bond acceptors (Lipinski definition) is 4. The van der Waals surface area contributed by atoms with Gasteiger partial charge in [0.1, 0.15) is 5.75 Å². The summed E-state index contributed by atoms with van der Waals surface area (Å²) in [6.07, 6.45) is 2.46. The van der Waals surface area contributed by atoms with Crippen molar-refractivity contribution in [3.8, 4) is 5.75 Å². The van der Waals surface area contributed by atoms with E-state index in [4.69, 9.17) is 5.11 Å². The molecule has 1 rings (SSSR count). The molecule has 6 nitrogen and oxygen atoms in total. The Labute approximate surface area is 105 Å². The summed E-state index contributed by atoms with van der Waals surface area (Å²) in [5.74, 6) is -1.39. The molecule has 1 atom stereocenters. The second-order valence-electron chi connectivity index (χ2n) is 3.97. The van der Waals surface area contributed by atoms with E-state index in [1.165, 1.54) is 23.4 Å². The highest BCUT2D eigenvalue weighted by Gasteiger charge is 2.22. The Morgan fingerprint density at radius 2 is 2.11 bits per heavy atom. The highest BCUT2D eigenvalue weighted by Crippen LogP contribution is 2.14. The van der Waals surface area contributed by atoms with Gasteiger partial charge in [0.05, 0.1) is 18.2 Å². The van der Waals surface area contributed by atoms with Crippen LogP contribution in [0.25, 0.3) is 0 Å². The molecule has 98 valence electrons. The Balaban J connectivity index is 2.88. The lowest BCUT2D eigenvalue weighted by Crippen LogP contribution is -2.39. The molecule has 0 saturated carbocycles. The van der Waals surface area contributed by atoms with E-state index in [2.05, 4.69) is 4.98 Å². The van der Waals surface area contributed by atoms with E-state index in [1.54, 1.807) is 13.8 Å². The van der Waals surface area contributed by atoms with Crippen LogP contribution >= 0.6 is 0 Å². The van der Waals surface area contributed by atoms with Crippen molar-refractivity contribution in [2.24, 2.45) is 0 Å². The van der Waals surface area contributed by atoms with E-state index in [9.17, 15) is 14.7 Å². The third-order valence-corrected chi connectivity index (χ3v) is 2.57. The van der Waals surface area contributed by atoms with Gasteiger partial charge >= 0.3 is 5.97 Å². The second-order valence-corrected chi connectivity index (χ2v) is 3.97. The van der Waals surface area contributed by atoms with Crippen LogP contribution in [0.1, 0.15) is 30.6 Å². The number of carbonyl (C=O) groups is 2. The molecule has 1 unspecified atom stereocenters. The zero-order valence-electron chi connectivity index (χ0n) is 10.3. The summed E-state index contributed by atoms with van der Waals surface area (Å²) < 4.78 is 0. The molecular weight excluding hydrogens is 236 g/mol. The molecule has 0 fully saturated rings. The highest BCUT2D eigenvalue weighted by atomic mass is 16.4. The normalized spacial score (nSPS) is 11.9. The topological polar surface area (TPSA) is 90.7 Å². The fraction of sp³-hybridized carbons (Fsp3) is 0.417. The van der Waals surface area contributed by atoms with Crippen LogP contribution in [0.4, 0.5) is 0 Å². The predicted octanol–water partition coefficient (Wildman–Crippen LogP) is 1.11. The number of rotatable bonds is 5. The zero-order chi connectivity index (χ0) is 13.7. The van der Waals surface area contributed by atoms with Crippen LogP contribution in [0.3, 0.4) is 0 Å². The van der Waals surface area contributed by atoms with Crippen molar-refractivity contribution >= 4 is 11.9 Å². The van der Waals surface area contributed by atoms with Crippen molar-refractivity contribution in [2.45, 2.75) is 26.3 Å². The molecule has 1 amide bonds. The predicted molar refractivity (Wildman–Crippen MR) is 64.3 cm³/mol. The van der Waals surface area contributed by atoms with Crippen LogP contribution in [-0.2, 0) is 4.79 Å². The Morgan fingerprint density at radius 3 is 2.61 bits per heavy atom. The highest BCUT2D eigenvalue weighted by molar-refractivity contribution is 5.94. The van der Waals surface area contributed by atoms with E-state index in [0.717, 1.165) is 0 Å². The smallest absolute Gasteiger partial charge is 0.305 e. The summed E-state index contributed by atoms with van der Waals surface area (Å²) in [4.78, 5) is 27.9. The van der Waals surface area contributed by atoms with E-state index in [0.29, 0.717) is 6.54 Å². The Hall–Kier alpha value is -2.11. The number of hydrogen-bond donors (Lipinski definition) is 2. The summed E-state index contributed by atoms with van der Waals surface area (Å²) in [6.45, 7) is 3.83. The largest absolute Gasteiger partial charge is 0.506 e. The fourth-order valence-corrected chi connectivity index (χ4v) is 1.73. The minimum absolute atomic E-state index is 0.0946. The van der Waals surface area contributed by atoms with E-state index in [1.807, 2.05) is 0 Å². The monoisotopic (exact) mass is 252 g/mol. The molecule has 1 aromatic rings. The summed E-state index contributed by atoms with van der Waals surface area (Å²) in [5, 5.41) is 18.0. The van der Waals surface area contributed by atoms with Crippen molar-refractivity contribution in [2.75, 3.05) is 6.54 Å². The van der Waals surface area contributed by atoms with Crippen LogP contribution in [0.2, 0.25) is 0 Å². The maximum absolute atomic E-state index is 12.1. The van der Waals surface area contributed by atoms with Gasteiger partial charge in [-0.3, -0.25) is 14.6 Å². The molecule has 0 aliphatic carbocycles. The van der Waals surface area contributed by atoms with Crippen molar-refractivity contribution in [3.63, 3.8) is 0 Å². The first-order chi connectivity index (χ1) is 8.45. The van der Waals surface area contributed by atoms with Gasteiger partial charge in [-0.2, -0.15) is 0 Å². The third kappa shape index (κ3) is 3.44. The molecule has 1 heterocycles. The molecule has 1 aromatic heterocycles. The first-order valence-electron chi connectivity index (χ1n) is 5.62. The number of nitrogens with zero attached hydrogens (tertiary/aromatic N) is 2. The van der Waals surface area contributed by atoms with E-state index in [-0.39, 0.29) is 23.6 Å². The SMILES string of the molecule is CCN(C(=O)c1cncc(O)c1)C(C)CC(=O)O. The fourth-order valence-electron chi connectivity index (χ4n) is 1.73. The molecule has 0 aliphatic heterocycles. The Bertz CT molecular complexity index is 447. The zero-order valence-corrected chi connectivity index (χ0v) is 10.3. The number of amides is 1. The van der Waals surface area contributed by atoms with Crippen LogP contribution in [-0.4, -0.2) is 44.6 Å². The molecule has 18 heavy (non-hydrogen) atoms. The van der Waals surface area contributed by atoms with Gasteiger partial charge in [-0.15, -0.1) is 0 Å². The number of carbonyl (C=O) groups excluding carboxylic acids is 1. The molecule has 6 heteroatoms. The van der Waals surface area contributed by atoms with Crippen molar-refractivity contribution in [3.05, 3.63) is 24.0 Å². The third-order valence-electron chi connectivity index (χ3n) is 2.57. The summed E-state index contributed by atoms with van der Waals surface area (Å²) >= 11 is 0. The van der Waals surface area contributed by atoms with Crippen LogP contribution in [0.15, 0.2) is 18.5 Å². The molecule has 0 aliphatic rings. The second kappa shape index (κ2) is 6.00.